The Morgan fingerprint density at radius 2 is 2.07 bits per heavy atom. The molecule has 0 spiro atoms. The van der Waals surface area contributed by atoms with Crippen LogP contribution in [0.15, 0.2) is 12.3 Å². The summed E-state index contributed by atoms with van der Waals surface area (Å²) in [5.41, 5.74) is 2.18. The van der Waals surface area contributed by atoms with E-state index in [1.807, 2.05) is 19.2 Å². The molecule has 1 aromatic rings. The molecule has 0 atom stereocenters. The summed E-state index contributed by atoms with van der Waals surface area (Å²) in [7, 11) is 1.69. The fraction of sp³-hybridized carbons (Fsp3) is 0.583. The lowest BCUT2D eigenvalue weighted by atomic mass is 10.1. The van der Waals surface area contributed by atoms with Gasteiger partial charge in [-0.05, 0) is 27.7 Å². The summed E-state index contributed by atoms with van der Waals surface area (Å²) >= 11 is 0. The normalized spacial score (nSPS) is 11.5. The maximum atomic E-state index is 5.31. The molecular formula is C12H20N2O. The molecule has 3 nitrogen and oxygen atoms in total. The first-order valence-corrected chi connectivity index (χ1v) is 5.17. The molecule has 0 saturated heterocycles. The molecule has 0 aromatic carbocycles. The van der Waals surface area contributed by atoms with Crippen LogP contribution >= 0.6 is 0 Å². The monoisotopic (exact) mass is 208 g/mol. The van der Waals surface area contributed by atoms with E-state index >= 15 is 0 Å². The van der Waals surface area contributed by atoms with Crippen molar-refractivity contribution in [3.8, 4) is 5.75 Å². The maximum Gasteiger partial charge on any atom is 0.126 e. The average Bonchev–Trinajstić information content (AvgIpc) is 2.14. The van der Waals surface area contributed by atoms with Gasteiger partial charge in [0.25, 0.3) is 0 Å². The first-order valence-electron chi connectivity index (χ1n) is 5.17. The molecule has 0 saturated carbocycles. The number of rotatable bonds is 3. The Hall–Kier alpha value is -1.09. The zero-order valence-corrected chi connectivity index (χ0v) is 10.2. The van der Waals surface area contributed by atoms with Crippen molar-refractivity contribution in [2.75, 3.05) is 7.11 Å². The van der Waals surface area contributed by atoms with Crippen LogP contribution in [0, 0.1) is 6.92 Å². The average molecular weight is 208 g/mol. The van der Waals surface area contributed by atoms with Gasteiger partial charge < -0.3 is 10.1 Å². The van der Waals surface area contributed by atoms with Crippen LogP contribution in [-0.4, -0.2) is 17.6 Å². The lowest BCUT2D eigenvalue weighted by Gasteiger charge is -2.21. The van der Waals surface area contributed by atoms with Crippen molar-refractivity contribution >= 4 is 0 Å². The summed E-state index contributed by atoms with van der Waals surface area (Å²) in [6.07, 6.45) is 1.87. The summed E-state index contributed by atoms with van der Waals surface area (Å²) in [5.74, 6) is 0.902. The largest absolute Gasteiger partial charge is 0.496 e. The van der Waals surface area contributed by atoms with Gasteiger partial charge in [0, 0.05) is 35.6 Å². The van der Waals surface area contributed by atoms with Crippen LogP contribution in [0.2, 0.25) is 0 Å². The van der Waals surface area contributed by atoms with E-state index in [0.29, 0.717) is 0 Å². The van der Waals surface area contributed by atoms with E-state index in [-0.39, 0.29) is 5.54 Å². The molecule has 0 aliphatic rings. The Labute approximate surface area is 91.9 Å². The number of ether oxygens (including phenoxy) is 1. The highest BCUT2D eigenvalue weighted by atomic mass is 16.5. The Balaban J connectivity index is 2.76. The minimum Gasteiger partial charge on any atom is -0.496 e. The highest BCUT2D eigenvalue weighted by Gasteiger charge is 2.11. The molecule has 84 valence electrons. The molecule has 0 radical (unpaired) electrons. The van der Waals surface area contributed by atoms with Crippen LogP contribution in [0.3, 0.4) is 0 Å². The second kappa shape index (κ2) is 4.62. The van der Waals surface area contributed by atoms with Gasteiger partial charge >= 0.3 is 0 Å². The summed E-state index contributed by atoms with van der Waals surface area (Å²) < 4.78 is 5.31. The van der Waals surface area contributed by atoms with E-state index in [1.165, 1.54) is 0 Å². The summed E-state index contributed by atoms with van der Waals surface area (Å²) in [5, 5.41) is 3.41. The quantitative estimate of drug-likeness (QED) is 0.827. The first kappa shape index (κ1) is 12.0. The van der Waals surface area contributed by atoms with Gasteiger partial charge in [0.15, 0.2) is 0 Å². The molecule has 1 heterocycles. The molecule has 0 aliphatic heterocycles. The lowest BCUT2D eigenvalue weighted by Crippen LogP contribution is -2.35. The van der Waals surface area contributed by atoms with Crippen LogP contribution in [0.1, 0.15) is 32.0 Å². The minimum atomic E-state index is 0.107. The Kier molecular flexibility index (Phi) is 3.69. The molecule has 1 N–H and O–H groups in total. The van der Waals surface area contributed by atoms with Crippen molar-refractivity contribution in [1.29, 1.82) is 0 Å². The summed E-state index contributed by atoms with van der Waals surface area (Å²) in [6.45, 7) is 9.16. The number of methoxy groups -OCH3 is 1. The van der Waals surface area contributed by atoms with E-state index in [9.17, 15) is 0 Å². The van der Waals surface area contributed by atoms with E-state index < -0.39 is 0 Å². The number of pyridine rings is 1. The predicted molar refractivity (Wildman–Crippen MR) is 62.1 cm³/mol. The van der Waals surface area contributed by atoms with Gasteiger partial charge in [0.1, 0.15) is 5.75 Å². The van der Waals surface area contributed by atoms with Crippen LogP contribution in [-0.2, 0) is 6.54 Å². The van der Waals surface area contributed by atoms with E-state index in [1.54, 1.807) is 7.11 Å². The lowest BCUT2D eigenvalue weighted by molar-refractivity contribution is 0.390. The molecule has 0 unspecified atom stereocenters. The number of hydrogen-bond donors (Lipinski definition) is 1. The third kappa shape index (κ3) is 3.88. The third-order valence-corrected chi connectivity index (χ3v) is 2.11. The maximum absolute atomic E-state index is 5.31. The predicted octanol–water partition coefficient (Wildman–Crippen LogP) is 2.29. The van der Waals surface area contributed by atoms with E-state index in [2.05, 4.69) is 31.1 Å². The number of aromatic nitrogens is 1. The van der Waals surface area contributed by atoms with Crippen molar-refractivity contribution in [2.45, 2.75) is 39.8 Å². The van der Waals surface area contributed by atoms with Crippen molar-refractivity contribution in [3.05, 3.63) is 23.5 Å². The van der Waals surface area contributed by atoms with Crippen LogP contribution in [0.5, 0.6) is 5.75 Å². The van der Waals surface area contributed by atoms with E-state index in [4.69, 9.17) is 4.74 Å². The molecule has 0 fully saturated rings. The number of nitrogens with one attached hydrogen (secondary N) is 1. The van der Waals surface area contributed by atoms with Crippen LogP contribution < -0.4 is 10.1 Å². The summed E-state index contributed by atoms with van der Waals surface area (Å²) in [4.78, 5) is 4.27. The fourth-order valence-electron chi connectivity index (χ4n) is 1.25. The number of nitrogens with zero attached hydrogens (tertiary/aromatic N) is 1. The topological polar surface area (TPSA) is 34.1 Å². The minimum absolute atomic E-state index is 0.107. The van der Waals surface area contributed by atoms with Crippen LogP contribution in [0.4, 0.5) is 0 Å². The SMILES string of the molecule is COc1cc(C)ncc1CNC(C)(C)C. The van der Waals surface area contributed by atoms with Crippen molar-refractivity contribution < 1.29 is 4.74 Å². The van der Waals surface area contributed by atoms with Crippen molar-refractivity contribution in [3.63, 3.8) is 0 Å². The molecule has 3 heteroatoms. The Morgan fingerprint density at radius 1 is 1.40 bits per heavy atom. The van der Waals surface area contributed by atoms with Gasteiger partial charge in [-0.25, -0.2) is 0 Å². The molecule has 15 heavy (non-hydrogen) atoms. The molecule has 1 rings (SSSR count). The van der Waals surface area contributed by atoms with Crippen molar-refractivity contribution in [1.82, 2.24) is 10.3 Å². The molecular weight excluding hydrogens is 188 g/mol. The Bertz CT molecular complexity index is 329. The van der Waals surface area contributed by atoms with Crippen molar-refractivity contribution in [2.24, 2.45) is 0 Å². The zero-order valence-electron chi connectivity index (χ0n) is 10.2. The van der Waals surface area contributed by atoms with Gasteiger partial charge in [-0.3, -0.25) is 4.98 Å². The van der Waals surface area contributed by atoms with Gasteiger partial charge in [-0.15, -0.1) is 0 Å². The second-order valence-corrected chi connectivity index (χ2v) is 4.74. The second-order valence-electron chi connectivity index (χ2n) is 4.74. The molecule has 1 aromatic heterocycles. The van der Waals surface area contributed by atoms with Gasteiger partial charge in [0.2, 0.25) is 0 Å². The van der Waals surface area contributed by atoms with Crippen LogP contribution in [0.25, 0.3) is 0 Å². The first-order chi connectivity index (χ1) is 6.92. The van der Waals surface area contributed by atoms with Gasteiger partial charge in [-0.1, -0.05) is 0 Å². The van der Waals surface area contributed by atoms with Gasteiger partial charge in [0.05, 0.1) is 7.11 Å². The zero-order chi connectivity index (χ0) is 11.5. The standard InChI is InChI=1S/C12H20N2O/c1-9-6-11(15-5)10(7-13-9)8-14-12(2,3)4/h6-7,14H,8H2,1-5H3. The van der Waals surface area contributed by atoms with E-state index in [0.717, 1.165) is 23.6 Å². The third-order valence-electron chi connectivity index (χ3n) is 2.11. The fourth-order valence-corrected chi connectivity index (χ4v) is 1.25. The highest BCUT2D eigenvalue weighted by Crippen LogP contribution is 2.18. The molecule has 0 amide bonds. The Morgan fingerprint density at radius 3 is 2.60 bits per heavy atom. The van der Waals surface area contributed by atoms with Gasteiger partial charge in [-0.2, -0.15) is 0 Å². The number of hydrogen-bond acceptors (Lipinski definition) is 3. The highest BCUT2D eigenvalue weighted by molar-refractivity contribution is 5.32. The number of aryl methyl sites for hydroxylation is 1. The summed E-state index contributed by atoms with van der Waals surface area (Å²) in [6, 6.07) is 1.96. The molecule has 0 aliphatic carbocycles. The molecule has 0 bridgehead atoms. The smallest absolute Gasteiger partial charge is 0.126 e.